The third-order valence-electron chi connectivity index (χ3n) is 1.24. The van der Waals surface area contributed by atoms with Crippen LogP contribution in [0.5, 0.6) is 0 Å². The minimum atomic E-state index is -2.97. The second kappa shape index (κ2) is 2.52. The van der Waals surface area contributed by atoms with Crippen molar-refractivity contribution in [3.8, 4) is 0 Å². The van der Waals surface area contributed by atoms with Crippen LogP contribution in [0.3, 0.4) is 0 Å². The van der Waals surface area contributed by atoms with Crippen molar-refractivity contribution in [3.63, 3.8) is 0 Å². The summed E-state index contributed by atoms with van der Waals surface area (Å²) in [6, 6.07) is 0. The van der Waals surface area contributed by atoms with E-state index in [1.807, 2.05) is 13.8 Å². The van der Waals surface area contributed by atoms with E-state index in [4.69, 9.17) is 9.05 Å². The Morgan fingerprint density at radius 3 is 2.10 bits per heavy atom. The third kappa shape index (κ3) is 2.27. The molecule has 0 aliphatic carbocycles. The van der Waals surface area contributed by atoms with Crippen LogP contribution in [0.25, 0.3) is 0 Å². The molecule has 0 aromatic rings. The lowest BCUT2D eigenvalue weighted by Gasteiger charge is -2.31. The molecule has 1 fully saturated rings. The van der Waals surface area contributed by atoms with Crippen molar-refractivity contribution in [3.05, 3.63) is 0 Å². The molecule has 1 aliphatic heterocycles. The Morgan fingerprint density at radius 2 is 1.80 bits per heavy atom. The van der Waals surface area contributed by atoms with Gasteiger partial charge in [0.05, 0.1) is 13.2 Å². The summed E-state index contributed by atoms with van der Waals surface area (Å²) in [6.45, 7) is 1.90. The molecule has 0 atom stereocenters. The van der Waals surface area contributed by atoms with Gasteiger partial charge < -0.3 is 9.05 Å². The van der Waals surface area contributed by atoms with Gasteiger partial charge in [-0.25, -0.2) is 4.57 Å². The zero-order chi connectivity index (χ0) is 7.83. The predicted molar refractivity (Wildman–Crippen MR) is 42.3 cm³/mol. The maximum Gasteiger partial charge on any atom is 0.386 e. The molecule has 1 heterocycles. The smallest absolute Gasteiger partial charge is 0.300 e. The van der Waals surface area contributed by atoms with Gasteiger partial charge in [-0.1, -0.05) is 26.1 Å². The molecule has 0 radical (unpaired) electrons. The molecule has 0 aromatic carbocycles. The van der Waals surface area contributed by atoms with Gasteiger partial charge in [-0.15, -0.1) is 0 Å². The molecule has 60 valence electrons. The van der Waals surface area contributed by atoms with E-state index in [0.29, 0.717) is 13.2 Å². The van der Waals surface area contributed by atoms with Crippen LogP contribution in [0.2, 0.25) is 0 Å². The monoisotopic (exact) mass is 182 g/mol. The van der Waals surface area contributed by atoms with Crippen molar-refractivity contribution in [2.24, 2.45) is 5.41 Å². The van der Waals surface area contributed by atoms with Gasteiger partial charge in [0.25, 0.3) is 0 Å². The Hall–Kier alpha value is 0.500. The summed E-state index contributed by atoms with van der Waals surface area (Å²) in [7, 11) is 0. The normalized spacial score (nSPS) is 29.9. The van der Waals surface area contributed by atoms with Crippen LogP contribution in [0.4, 0.5) is 0 Å². The van der Waals surface area contributed by atoms with E-state index >= 15 is 0 Å². The fraction of sp³-hybridized carbons (Fsp3) is 1.00. The van der Waals surface area contributed by atoms with Gasteiger partial charge >= 0.3 is 6.80 Å². The first-order valence-electron chi connectivity index (χ1n) is 3.03. The van der Waals surface area contributed by atoms with Gasteiger partial charge in [0.2, 0.25) is 0 Å². The Labute approximate surface area is 65.8 Å². The van der Waals surface area contributed by atoms with E-state index in [9.17, 15) is 4.57 Å². The van der Waals surface area contributed by atoms with E-state index in [-0.39, 0.29) is 5.41 Å². The molecule has 0 N–H and O–H groups in total. The minimum Gasteiger partial charge on any atom is -0.300 e. The lowest BCUT2D eigenvalue weighted by molar-refractivity contribution is 0.0503. The van der Waals surface area contributed by atoms with Crippen LogP contribution in [-0.4, -0.2) is 13.2 Å². The first-order valence-corrected chi connectivity index (χ1v) is 5.73. The zero-order valence-corrected chi connectivity index (χ0v) is 7.82. The van der Waals surface area contributed by atoms with Crippen molar-refractivity contribution in [1.82, 2.24) is 0 Å². The Balaban J connectivity index is 2.54. The van der Waals surface area contributed by atoms with E-state index in [1.165, 1.54) is 0 Å². The van der Waals surface area contributed by atoms with E-state index in [2.05, 4.69) is 12.2 Å². The first-order chi connectivity index (χ1) is 4.41. The third-order valence-corrected chi connectivity index (χ3v) is 2.84. The summed E-state index contributed by atoms with van der Waals surface area (Å²) in [5, 5.41) is 0. The van der Waals surface area contributed by atoms with Crippen molar-refractivity contribution in [2.45, 2.75) is 13.8 Å². The maximum atomic E-state index is 10.9. The van der Waals surface area contributed by atoms with Crippen molar-refractivity contribution in [1.29, 1.82) is 0 Å². The van der Waals surface area contributed by atoms with Crippen molar-refractivity contribution in [2.75, 3.05) is 13.2 Å². The van der Waals surface area contributed by atoms with Crippen LogP contribution >= 0.6 is 19.0 Å². The highest BCUT2D eigenvalue weighted by molar-refractivity contribution is 8.44. The molecule has 0 bridgehead atoms. The summed E-state index contributed by atoms with van der Waals surface area (Å²) in [5.41, 5.74) is -0.0311. The van der Waals surface area contributed by atoms with Gasteiger partial charge in [0.1, 0.15) is 0 Å². The molecule has 0 amide bonds. The summed E-state index contributed by atoms with van der Waals surface area (Å²) >= 11 is 3.71. The van der Waals surface area contributed by atoms with E-state index < -0.39 is 6.80 Å². The highest BCUT2D eigenvalue weighted by atomic mass is 32.7. The molecule has 10 heavy (non-hydrogen) atoms. The molecule has 1 saturated heterocycles. The summed E-state index contributed by atoms with van der Waals surface area (Å²) in [5.74, 6) is 0. The summed E-state index contributed by atoms with van der Waals surface area (Å²) in [6.07, 6.45) is 0. The minimum absolute atomic E-state index is 0.0311. The van der Waals surface area contributed by atoms with Crippen LogP contribution in [-0.2, 0) is 13.6 Å². The van der Waals surface area contributed by atoms with Gasteiger partial charge in [0, 0.05) is 5.41 Å². The Kier molecular flexibility index (Phi) is 2.17. The van der Waals surface area contributed by atoms with Crippen LogP contribution < -0.4 is 0 Å². The zero-order valence-electron chi connectivity index (χ0n) is 6.03. The molecule has 5 heteroatoms. The fourth-order valence-electron chi connectivity index (χ4n) is 0.592. The van der Waals surface area contributed by atoms with Gasteiger partial charge in [0.15, 0.2) is 0 Å². The number of hydrogen-bond donors (Lipinski definition) is 1. The Bertz CT molecular complexity index is 166. The predicted octanol–water partition coefficient (Wildman–Crippen LogP) is 2.10. The topological polar surface area (TPSA) is 35.5 Å². The molecule has 0 spiro atoms. The van der Waals surface area contributed by atoms with Crippen molar-refractivity contribution < 1.29 is 13.6 Å². The highest BCUT2D eigenvalue weighted by Crippen LogP contribution is 2.57. The lowest BCUT2D eigenvalue weighted by Crippen LogP contribution is -2.28. The average molecular weight is 182 g/mol. The summed E-state index contributed by atoms with van der Waals surface area (Å²) < 4.78 is 20.7. The highest BCUT2D eigenvalue weighted by Gasteiger charge is 2.33. The molecular formula is C5H11O3PS. The number of rotatable bonds is 0. The van der Waals surface area contributed by atoms with Crippen LogP contribution in [0.15, 0.2) is 0 Å². The second-order valence-corrected chi connectivity index (χ2v) is 6.10. The fourth-order valence-corrected chi connectivity index (χ4v) is 2.04. The number of thiol groups is 1. The average Bonchev–Trinajstić information content (AvgIpc) is 1.79. The molecule has 0 saturated carbocycles. The van der Waals surface area contributed by atoms with Gasteiger partial charge in [-0.2, -0.15) is 0 Å². The Morgan fingerprint density at radius 1 is 1.40 bits per heavy atom. The lowest BCUT2D eigenvalue weighted by atomic mass is 9.97. The molecular weight excluding hydrogens is 171 g/mol. The second-order valence-electron chi connectivity index (χ2n) is 3.18. The van der Waals surface area contributed by atoms with Crippen molar-refractivity contribution >= 4 is 19.0 Å². The van der Waals surface area contributed by atoms with Gasteiger partial charge in [-0.05, 0) is 0 Å². The maximum absolute atomic E-state index is 10.9. The molecule has 1 aliphatic rings. The molecule has 3 nitrogen and oxygen atoms in total. The largest absolute Gasteiger partial charge is 0.386 e. The quantitative estimate of drug-likeness (QED) is 0.460. The molecule has 0 aromatic heterocycles. The SMILES string of the molecule is CC1(C)COP(=O)(S)OC1. The van der Waals surface area contributed by atoms with E-state index in [0.717, 1.165) is 0 Å². The molecule has 0 unspecified atom stereocenters. The first kappa shape index (κ1) is 8.60. The standard InChI is InChI=1S/C5H11O3PS/c1-5(2)3-7-9(6,10)8-4-5/h3-4H2,1-2H3,(H,6,10). The van der Waals surface area contributed by atoms with Crippen LogP contribution in [0.1, 0.15) is 13.8 Å². The van der Waals surface area contributed by atoms with Crippen LogP contribution in [0, 0.1) is 5.41 Å². The molecule has 1 rings (SSSR count). The number of hydrogen-bond acceptors (Lipinski definition) is 3. The summed E-state index contributed by atoms with van der Waals surface area (Å²) in [4.78, 5) is 0. The van der Waals surface area contributed by atoms with E-state index in [1.54, 1.807) is 0 Å². The van der Waals surface area contributed by atoms with Gasteiger partial charge in [-0.3, -0.25) is 0 Å².